The molecule has 0 aliphatic carbocycles. The van der Waals surface area contributed by atoms with Crippen molar-refractivity contribution in [3.63, 3.8) is 0 Å². The normalized spacial score (nSPS) is 17.1. The van der Waals surface area contributed by atoms with Gasteiger partial charge in [0.25, 0.3) is 0 Å². The zero-order valence-corrected chi connectivity index (χ0v) is 20.2. The van der Waals surface area contributed by atoms with E-state index in [4.69, 9.17) is 0 Å². The van der Waals surface area contributed by atoms with Gasteiger partial charge in [-0.25, -0.2) is 8.42 Å². The maximum atomic E-state index is 13.8. The van der Waals surface area contributed by atoms with E-state index in [0.717, 1.165) is 28.9 Å². The molecule has 0 aromatic heterocycles. The Morgan fingerprint density at radius 2 is 1.45 bits per heavy atom. The van der Waals surface area contributed by atoms with E-state index in [1.54, 1.807) is 24.3 Å². The van der Waals surface area contributed by atoms with Crippen LogP contribution in [0, 0.1) is 19.8 Å². The van der Waals surface area contributed by atoms with E-state index in [9.17, 15) is 8.42 Å². The lowest BCUT2D eigenvalue weighted by Crippen LogP contribution is -2.39. The Morgan fingerprint density at radius 1 is 0.871 bits per heavy atom. The monoisotopic (exact) mass is 495 g/mol. The number of halogens is 1. The van der Waals surface area contributed by atoms with E-state index in [0.29, 0.717) is 21.7 Å². The summed E-state index contributed by atoms with van der Waals surface area (Å²) < 4.78 is 27.7. The molecule has 0 N–H and O–H groups in total. The zero-order chi connectivity index (χ0) is 22.0. The molecule has 3 aromatic carbocycles. The minimum atomic E-state index is -3.64. The van der Waals surface area contributed by atoms with Crippen molar-refractivity contribution in [2.45, 2.75) is 18.7 Å². The first kappa shape index (κ1) is 21.8. The molecule has 31 heavy (non-hydrogen) atoms. The number of hydrogen-bond acceptors (Lipinski definition) is 3. The van der Waals surface area contributed by atoms with Crippen molar-refractivity contribution in [1.82, 2.24) is 0 Å². The second-order valence-corrected chi connectivity index (χ2v) is 10.7. The van der Waals surface area contributed by atoms with Crippen LogP contribution in [-0.2, 0) is 9.84 Å². The summed E-state index contributed by atoms with van der Waals surface area (Å²) in [5.74, 6) is 0.0475. The molecule has 0 fully saturated rings. The van der Waals surface area contributed by atoms with Gasteiger partial charge in [0.15, 0.2) is 0 Å². The molecule has 1 atom stereocenters. The van der Waals surface area contributed by atoms with Crippen LogP contribution in [-0.4, -0.2) is 26.8 Å². The highest BCUT2D eigenvalue weighted by Crippen LogP contribution is 2.39. The van der Waals surface area contributed by atoms with Crippen LogP contribution in [0.3, 0.4) is 0 Å². The standard InChI is InChI=1S/C26H26BrNO2S/c1-19-8-12-21(13-9-19)26-22(16-27)17-28(23-14-10-20(2)11-15-23)18-25(26)31(29,30)24-6-4-3-5-7-24/h3-15,22H,16-18H2,1-2H3. The highest BCUT2D eigenvalue weighted by atomic mass is 79.9. The van der Waals surface area contributed by atoms with Gasteiger partial charge in [-0.15, -0.1) is 0 Å². The van der Waals surface area contributed by atoms with Crippen LogP contribution in [0.15, 0.2) is 88.7 Å². The molecule has 0 saturated heterocycles. The number of aryl methyl sites for hydroxylation is 2. The topological polar surface area (TPSA) is 37.4 Å². The average molecular weight is 496 g/mol. The molecule has 4 rings (SSSR count). The summed E-state index contributed by atoms with van der Waals surface area (Å²) in [6.45, 7) is 5.21. The van der Waals surface area contributed by atoms with Crippen molar-refractivity contribution in [2.75, 3.05) is 23.3 Å². The Hall–Kier alpha value is -2.37. The van der Waals surface area contributed by atoms with Gasteiger partial charge in [-0.05, 0) is 49.2 Å². The molecular weight excluding hydrogens is 470 g/mol. The second kappa shape index (κ2) is 9.01. The lowest BCUT2D eigenvalue weighted by Gasteiger charge is -2.37. The lowest BCUT2D eigenvalue weighted by atomic mass is 9.89. The number of anilines is 1. The number of sulfone groups is 1. The fourth-order valence-electron chi connectivity index (χ4n) is 4.09. The molecule has 5 heteroatoms. The summed E-state index contributed by atoms with van der Waals surface area (Å²) in [5, 5.41) is 0.687. The van der Waals surface area contributed by atoms with Gasteiger partial charge in [0.1, 0.15) is 0 Å². The summed E-state index contributed by atoms with van der Waals surface area (Å²) >= 11 is 3.67. The van der Waals surface area contributed by atoms with Crippen LogP contribution >= 0.6 is 15.9 Å². The van der Waals surface area contributed by atoms with E-state index in [1.807, 2.05) is 37.3 Å². The maximum absolute atomic E-state index is 13.8. The fourth-order valence-corrected chi connectivity index (χ4v) is 6.32. The first-order valence-electron chi connectivity index (χ1n) is 10.4. The third kappa shape index (κ3) is 4.48. The van der Waals surface area contributed by atoms with Crippen LogP contribution < -0.4 is 4.90 Å². The van der Waals surface area contributed by atoms with Gasteiger partial charge < -0.3 is 4.90 Å². The van der Waals surface area contributed by atoms with Crippen LogP contribution in [0.25, 0.3) is 5.57 Å². The molecule has 1 aliphatic heterocycles. The molecule has 0 bridgehead atoms. The van der Waals surface area contributed by atoms with Crippen molar-refractivity contribution in [3.8, 4) is 0 Å². The quantitative estimate of drug-likeness (QED) is 0.406. The Balaban J connectivity index is 1.90. The molecule has 1 aliphatic rings. The first-order chi connectivity index (χ1) is 14.9. The van der Waals surface area contributed by atoms with Crippen molar-refractivity contribution < 1.29 is 8.42 Å². The molecule has 1 heterocycles. The molecular formula is C26H26BrNO2S. The minimum Gasteiger partial charge on any atom is -0.366 e. The Bertz CT molecular complexity index is 1180. The number of nitrogens with zero attached hydrogens (tertiary/aromatic N) is 1. The predicted octanol–water partition coefficient (Wildman–Crippen LogP) is 6.02. The number of alkyl halides is 1. The number of hydrogen-bond donors (Lipinski definition) is 0. The van der Waals surface area contributed by atoms with Crippen LogP contribution in [0.1, 0.15) is 16.7 Å². The van der Waals surface area contributed by atoms with E-state index >= 15 is 0 Å². The SMILES string of the molecule is Cc1ccc(C2=C(S(=O)(=O)c3ccccc3)CN(c3ccc(C)cc3)CC2CBr)cc1. The largest absolute Gasteiger partial charge is 0.366 e. The van der Waals surface area contributed by atoms with Crippen molar-refractivity contribution in [3.05, 3.63) is 100 Å². The van der Waals surface area contributed by atoms with Crippen molar-refractivity contribution in [2.24, 2.45) is 5.92 Å². The van der Waals surface area contributed by atoms with E-state index in [2.05, 4.69) is 52.0 Å². The van der Waals surface area contributed by atoms with Crippen molar-refractivity contribution >= 4 is 37.0 Å². The minimum absolute atomic E-state index is 0.0475. The fraction of sp³-hybridized carbons (Fsp3) is 0.231. The highest BCUT2D eigenvalue weighted by molar-refractivity contribution is 9.09. The van der Waals surface area contributed by atoms with Gasteiger partial charge in [0, 0.05) is 23.5 Å². The van der Waals surface area contributed by atoms with Gasteiger partial charge in [-0.2, -0.15) is 0 Å². The molecule has 3 nitrogen and oxygen atoms in total. The molecule has 160 valence electrons. The van der Waals surface area contributed by atoms with Gasteiger partial charge in [0.05, 0.1) is 16.3 Å². The predicted molar refractivity (Wildman–Crippen MR) is 132 cm³/mol. The molecule has 0 radical (unpaired) electrons. The van der Waals surface area contributed by atoms with Crippen LogP contribution in [0.4, 0.5) is 5.69 Å². The second-order valence-electron chi connectivity index (χ2n) is 8.09. The third-order valence-corrected chi connectivity index (χ3v) is 8.48. The Kier molecular flexibility index (Phi) is 6.35. The van der Waals surface area contributed by atoms with Crippen molar-refractivity contribution in [1.29, 1.82) is 0 Å². The Labute approximate surface area is 193 Å². The molecule has 3 aromatic rings. The molecule has 0 spiro atoms. The number of benzene rings is 3. The lowest BCUT2D eigenvalue weighted by molar-refractivity contribution is 0.596. The Morgan fingerprint density at radius 3 is 2.03 bits per heavy atom. The smallest absolute Gasteiger partial charge is 0.204 e. The summed E-state index contributed by atoms with van der Waals surface area (Å²) in [7, 11) is -3.64. The van der Waals surface area contributed by atoms with Crippen LogP contribution in [0.5, 0.6) is 0 Å². The van der Waals surface area contributed by atoms with Gasteiger partial charge in [0.2, 0.25) is 9.84 Å². The summed E-state index contributed by atoms with van der Waals surface area (Å²) in [6.07, 6.45) is 0. The van der Waals surface area contributed by atoms with E-state index in [1.165, 1.54) is 5.56 Å². The molecule has 0 saturated carbocycles. The first-order valence-corrected chi connectivity index (χ1v) is 13.0. The number of rotatable bonds is 5. The van der Waals surface area contributed by atoms with Gasteiger partial charge in [-0.3, -0.25) is 0 Å². The van der Waals surface area contributed by atoms with Crippen LogP contribution in [0.2, 0.25) is 0 Å². The summed E-state index contributed by atoms with van der Waals surface area (Å²) in [5.41, 5.74) is 5.28. The van der Waals surface area contributed by atoms with E-state index < -0.39 is 9.84 Å². The zero-order valence-electron chi connectivity index (χ0n) is 17.8. The highest BCUT2D eigenvalue weighted by Gasteiger charge is 2.35. The molecule has 1 unspecified atom stereocenters. The average Bonchev–Trinajstić information content (AvgIpc) is 2.80. The summed E-state index contributed by atoms with van der Waals surface area (Å²) in [6, 6.07) is 25.2. The molecule has 0 amide bonds. The van der Waals surface area contributed by atoms with Gasteiger partial charge >= 0.3 is 0 Å². The summed E-state index contributed by atoms with van der Waals surface area (Å²) in [4.78, 5) is 3.01. The van der Waals surface area contributed by atoms with E-state index in [-0.39, 0.29) is 5.92 Å². The third-order valence-electron chi connectivity index (χ3n) is 5.81. The van der Waals surface area contributed by atoms with Gasteiger partial charge in [-0.1, -0.05) is 81.7 Å². The maximum Gasteiger partial charge on any atom is 0.204 e.